The molecule has 4 heteroatoms. The van der Waals surface area contributed by atoms with E-state index in [9.17, 15) is 0 Å². The maximum atomic E-state index is 5.12. The van der Waals surface area contributed by atoms with E-state index in [-0.39, 0.29) is 0 Å². The quantitative estimate of drug-likeness (QED) is 0.169. The lowest BCUT2D eigenvalue weighted by Crippen LogP contribution is -2.35. The van der Waals surface area contributed by atoms with Gasteiger partial charge in [-0.2, -0.15) is 0 Å². The molecule has 0 fully saturated rings. The average Bonchev–Trinajstić information content (AvgIpc) is 3.67. The van der Waals surface area contributed by atoms with Crippen LogP contribution in [-0.4, -0.2) is 19.5 Å². The number of fused-ring (bicyclic) bond motifs is 6. The Morgan fingerprint density at radius 1 is 0.333 bits per heavy atom. The van der Waals surface area contributed by atoms with Crippen LogP contribution in [-0.2, 0) is 5.41 Å². The van der Waals surface area contributed by atoms with Gasteiger partial charge in [0, 0.05) is 27.5 Å². The topological polar surface area (TPSA) is 43.6 Å². The predicted octanol–water partition coefficient (Wildman–Crippen LogP) is 13.5. The fourth-order valence-electron chi connectivity index (χ4n) is 9.77. The van der Waals surface area contributed by atoms with Gasteiger partial charge in [0.15, 0.2) is 17.5 Å². The van der Waals surface area contributed by atoms with Crippen molar-refractivity contribution in [1.82, 2.24) is 19.5 Å². The van der Waals surface area contributed by atoms with Crippen LogP contribution in [0.4, 0.5) is 0 Å². The number of para-hydroxylation sites is 3. The van der Waals surface area contributed by atoms with E-state index in [1.807, 2.05) is 36.4 Å². The van der Waals surface area contributed by atoms with Crippen LogP contribution < -0.4 is 0 Å². The largest absolute Gasteiger partial charge is 0.309 e. The minimum Gasteiger partial charge on any atom is -0.309 e. The van der Waals surface area contributed by atoms with Crippen LogP contribution in [0, 0.1) is 0 Å². The summed E-state index contributed by atoms with van der Waals surface area (Å²) in [5, 5.41) is 4.74. The first-order valence-electron chi connectivity index (χ1n) is 20.5. The van der Waals surface area contributed by atoms with E-state index < -0.39 is 5.41 Å². The summed E-state index contributed by atoms with van der Waals surface area (Å²) in [7, 11) is 0. The van der Waals surface area contributed by atoms with Gasteiger partial charge in [-0.05, 0) is 68.4 Å². The Hall–Kier alpha value is -7.95. The molecule has 1 aliphatic rings. The number of aromatic nitrogens is 4. The third-order valence-electron chi connectivity index (χ3n) is 12.3. The normalized spacial score (nSPS) is 14.4. The molecule has 0 bridgehead atoms. The highest BCUT2D eigenvalue weighted by atomic mass is 15.0. The molecule has 0 saturated heterocycles. The summed E-state index contributed by atoms with van der Waals surface area (Å²) in [4.78, 5) is 15.2. The number of hydrogen-bond donors (Lipinski definition) is 0. The molecule has 60 heavy (non-hydrogen) atoms. The summed E-state index contributed by atoms with van der Waals surface area (Å²) < 4.78 is 2.49. The van der Waals surface area contributed by atoms with Crippen LogP contribution in [0.5, 0.6) is 0 Å². The van der Waals surface area contributed by atoms with Crippen molar-refractivity contribution < 1.29 is 0 Å². The van der Waals surface area contributed by atoms with E-state index in [1.54, 1.807) is 0 Å². The molecular weight excluding hydrogens is 729 g/mol. The Bertz CT molecular complexity index is 3370. The second-order valence-corrected chi connectivity index (χ2v) is 15.5. The molecule has 1 unspecified atom stereocenters. The van der Waals surface area contributed by atoms with Gasteiger partial charge in [0.25, 0.3) is 0 Å². The molecule has 0 saturated carbocycles. The van der Waals surface area contributed by atoms with E-state index in [1.165, 1.54) is 49.7 Å². The molecule has 0 amide bonds. The number of rotatable bonds is 6. The van der Waals surface area contributed by atoms with E-state index in [0.717, 1.165) is 38.6 Å². The lowest BCUT2D eigenvalue weighted by atomic mass is 9.63. The molecule has 3 heterocycles. The van der Waals surface area contributed by atoms with Gasteiger partial charge < -0.3 is 4.57 Å². The van der Waals surface area contributed by atoms with Crippen LogP contribution in [0.3, 0.4) is 0 Å². The molecule has 12 rings (SSSR count). The van der Waals surface area contributed by atoms with E-state index in [2.05, 4.69) is 187 Å². The van der Waals surface area contributed by atoms with Crippen LogP contribution in [0.2, 0.25) is 0 Å². The van der Waals surface area contributed by atoms with Gasteiger partial charge >= 0.3 is 0 Å². The highest BCUT2D eigenvalue weighted by Gasteiger charge is 2.45. The van der Waals surface area contributed by atoms with Gasteiger partial charge in [-0.1, -0.05) is 194 Å². The number of benzene rings is 9. The van der Waals surface area contributed by atoms with Crippen LogP contribution >= 0.6 is 0 Å². The summed E-state index contributed by atoms with van der Waals surface area (Å²) in [6.45, 7) is 0. The monoisotopic (exact) mass is 764 g/mol. The molecule has 0 aliphatic carbocycles. The van der Waals surface area contributed by atoms with E-state index >= 15 is 0 Å². The Labute approximate surface area is 347 Å². The summed E-state index contributed by atoms with van der Waals surface area (Å²) in [6, 6.07) is 78.3. The van der Waals surface area contributed by atoms with Crippen molar-refractivity contribution in [1.29, 1.82) is 0 Å². The molecule has 0 N–H and O–H groups in total. The molecule has 9 aromatic carbocycles. The maximum Gasteiger partial charge on any atom is 0.164 e. The van der Waals surface area contributed by atoms with Crippen LogP contribution in [0.1, 0.15) is 22.3 Å². The Morgan fingerprint density at radius 2 is 0.833 bits per heavy atom. The third-order valence-corrected chi connectivity index (χ3v) is 12.3. The fourth-order valence-corrected chi connectivity index (χ4v) is 9.77. The van der Waals surface area contributed by atoms with Gasteiger partial charge in [-0.3, -0.25) is 0 Å². The molecular formula is C56H36N4. The summed E-state index contributed by atoms with van der Waals surface area (Å²) in [5.41, 5.74) is 13.2. The van der Waals surface area contributed by atoms with Crippen molar-refractivity contribution >= 4 is 32.6 Å². The van der Waals surface area contributed by atoms with Crippen molar-refractivity contribution in [2.75, 3.05) is 0 Å². The minimum absolute atomic E-state index is 0.597. The first-order valence-corrected chi connectivity index (χ1v) is 20.5. The Morgan fingerprint density at radius 3 is 1.57 bits per heavy atom. The van der Waals surface area contributed by atoms with E-state index in [0.29, 0.717) is 17.5 Å². The zero-order valence-electron chi connectivity index (χ0n) is 32.6. The third kappa shape index (κ3) is 5.07. The van der Waals surface area contributed by atoms with Gasteiger partial charge in [0.1, 0.15) is 0 Å². The highest BCUT2D eigenvalue weighted by molar-refractivity contribution is 6.12. The zero-order valence-corrected chi connectivity index (χ0v) is 32.6. The molecule has 1 atom stereocenters. The Balaban J connectivity index is 1.09. The van der Waals surface area contributed by atoms with Crippen molar-refractivity contribution in [3.63, 3.8) is 0 Å². The first-order chi connectivity index (χ1) is 29.8. The highest BCUT2D eigenvalue weighted by Crippen LogP contribution is 2.54. The number of nitrogens with zero attached hydrogens (tertiary/aromatic N) is 4. The van der Waals surface area contributed by atoms with Crippen LogP contribution in [0.25, 0.3) is 83.6 Å². The number of hydrogen-bond acceptors (Lipinski definition) is 3. The van der Waals surface area contributed by atoms with Gasteiger partial charge in [0.2, 0.25) is 0 Å². The maximum absolute atomic E-state index is 5.12. The lowest BCUT2D eigenvalue weighted by Gasteiger charge is -2.42. The van der Waals surface area contributed by atoms with Gasteiger partial charge in [0.05, 0.1) is 22.1 Å². The second-order valence-electron chi connectivity index (χ2n) is 15.5. The molecule has 2 aromatic heterocycles. The van der Waals surface area contributed by atoms with Gasteiger partial charge in [-0.15, -0.1) is 0 Å². The summed E-state index contributed by atoms with van der Waals surface area (Å²) in [5.74, 6) is 1.94. The summed E-state index contributed by atoms with van der Waals surface area (Å²) in [6.07, 6.45) is 0. The average molecular weight is 765 g/mol. The van der Waals surface area contributed by atoms with Crippen molar-refractivity contribution in [3.8, 4) is 51.0 Å². The standard InChI is InChI=1S/C56H36N4/c1-4-18-37(19-5-1)53-57-54(38-20-6-2-7-21-38)59-55(58-53)47-35-34-42(43-26-10-11-27-44(43)47)39-22-16-25-41(36-39)56(40-23-8-3-9-24-40)48-30-13-15-33-51(48)60-50-32-14-12-28-45(50)46-29-17-31-49(56)52(46)60/h1-36H. The van der Waals surface area contributed by atoms with Crippen molar-refractivity contribution in [3.05, 3.63) is 241 Å². The molecule has 1 aliphatic heterocycles. The van der Waals surface area contributed by atoms with Crippen LogP contribution in [0.15, 0.2) is 218 Å². The second kappa shape index (κ2) is 13.6. The first kappa shape index (κ1) is 34.1. The van der Waals surface area contributed by atoms with Crippen molar-refractivity contribution in [2.45, 2.75) is 5.41 Å². The van der Waals surface area contributed by atoms with Gasteiger partial charge in [-0.25, -0.2) is 15.0 Å². The SMILES string of the molecule is c1ccc(-c2nc(-c3ccccc3)nc(-c3ccc(-c4cccc(C5(c6ccccc6)c6ccccc6-n6c7ccccc7c7cccc5c76)c4)c4ccccc34)n2)cc1. The van der Waals surface area contributed by atoms with Crippen molar-refractivity contribution in [2.24, 2.45) is 0 Å². The van der Waals surface area contributed by atoms with E-state index in [4.69, 9.17) is 15.0 Å². The zero-order chi connectivity index (χ0) is 39.6. The predicted molar refractivity (Wildman–Crippen MR) is 245 cm³/mol. The lowest BCUT2D eigenvalue weighted by molar-refractivity contribution is 0.728. The fraction of sp³-hybridized carbons (Fsp3) is 0.0179. The summed E-state index contributed by atoms with van der Waals surface area (Å²) >= 11 is 0. The molecule has 4 nitrogen and oxygen atoms in total. The molecule has 0 spiro atoms. The molecule has 0 radical (unpaired) electrons. The minimum atomic E-state index is -0.597. The Kier molecular flexibility index (Phi) is 7.72. The smallest absolute Gasteiger partial charge is 0.164 e. The molecule has 280 valence electrons. The molecule has 11 aromatic rings.